The third-order valence-corrected chi connectivity index (χ3v) is 2.37. The largest absolute Gasteiger partial charge is 0.357 e. The summed E-state index contributed by atoms with van der Waals surface area (Å²) in [5, 5.41) is 16.9. The van der Waals surface area contributed by atoms with Crippen LogP contribution in [0.2, 0.25) is 0 Å². The van der Waals surface area contributed by atoms with Gasteiger partial charge in [-0.3, -0.25) is 0 Å². The van der Waals surface area contributed by atoms with Gasteiger partial charge in [-0.25, -0.2) is 0 Å². The van der Waals surface area contributed by atoms with E-state index in [0.717, 1.165) is 11.5 Å². The van der Waals surface area contributed by atoms with E-state index in [1.54, 1.807) is 0 Å². The van der Waals surface area contributed by atoms with Crippen molar-refractivity contribution >= 4 is 5.82 Å². The number of hydrogen-bond donors (Lipinski definition) is 0. The summed E-state index contributed by atoms with van der Waals surface area (Å²) in [7, 11) is 1.91. The Morgan fingerprint density at radius 1 is 1.31 bits per heavy atom. The molecule has 86 valence electrons. The number of aromatic nitrogens is 2. The summed E-state index contributed by atoms with van der Waals surface area (Å²) < 4.78 is 0. The molecule has 0 saturated carbocycles. The number of nitriles is 1. The summed E-state index contributed by atoms with van der Waals surface area (Å²) in [6, 6.07) is 6.05. The van der Waals surface area contributed by atoms with E-state index in [4.69, 9.17) is 5.26 Å². The summed E-state index contributed by atoms with van der Waals surface area (Å²) in [5.41, 5.74) is 1.00. The Kier molecular flexibility index (Phi) is 3.83. The molecule has 0 N–H and O–H groups in total. The molecule has 0 unspecified atom stereocenters. The normalized spacial score (nSPS) is 10.9. The molecule has 1 aromatic heterocycles. The Hall–Kier alpha value is -1.63. The van der Waals surface area contributed by atoms with E-state index >= 15 is 0 Å². The number of nitrogens with zero attached hydrogens (tertiary/aromatic N) is 4. The van der Waals surface area contributed by atoms with Crippen LogP contribution in [0.1, 0.15) is 32.9 Å². The molecule has 16 heavy (non-hydrogen) atoms. The lowest BCUT2D eigenvalue weighted by atomic mass is 9.92. The quantitative estimate of drug-likeness (QED) is 0.779. The van der Waals surface area contributed by atoms with Gasteiger partial charge in [0.15, 0.2) is 5.82 Å². The lowest BCUT2D eigenvalue weighted by Crippen LogP contribution is -2.21. The third kappa shape index (κ3) is 3.20. The maximum Gasteiger partial charge on any atom is 0.151 e. The Morgan fingerprint density at radius 3 is 2.44 bits per heavy atom. The molecule has 0 aliphatic rings. The number of rotatable bonds is 3. The smallest absolute Gasteiger partial charge is 0.151 e. The van der Waals surface area contributed by atoms with E-state index in [0.29, 0.717) is 13.0 Å². The monoisotopic (exact) mass is 218 g/mol. The van der Waals surface area contributed by atoms with Crippen LogP contribution < -0.4 is 4.90 Å². The zero-order valence-corrected chi connectivity index (χ0v) is 10.4. The van der Waals surface area contributed by atoms with Crippen molar-refractivity contribution in [2.24, 2.45) is 0 Å². The third-order valence-electron chi connectivity index (χ3n) is 2.37. The van der Waals surface area contributed by atoms with E-state index in [-0.39, 0.29) is 5.41 Å². The molecule has 0 atom stereocenters. The first kappa shape index (κ1) is 12.4. The topological polar surface area (TPSA) is 52.8 Å². The second kappa shape index (κ2) is 4.93. The van der Waals surface area contributed by atoms with Gasteiger partial charge in [-0.2, -0.15) is 10.4 Å². The predicted octanol–water partition coefficient (Wildman–Crippen LogP) is 2.12. The van der Waals surface area contributed by atoms with E-state index in [9.17, 15) is 0 Å². The van der Waals surface area contributed by atoms with Gasteiger partial charge in [0.1, 0.15) is 0 Å². The van der Waals surface area contributed by atoms with Crippen LogP contribution in [0.25, 0.3) is 0 Å². The van der Waals surface area contributed by atoms with Crippen LogP contribution in [0, 0.1) is 11.3 Å². The molecule has 0 aromatic carbocycles. The minimum absolute atomic E-state index is 0.0246. The zero-order chi connectivity index (χ0) is 12.2. The highest BCUT2D eigenvalue weighted by atomic mass is 15.2. The van der Waals surface area contributed by atoms with E-state index in [1.165, 1.54) is 0 Å². The Bertz CT molecular complexity index is 369. The van der Waals surface area contributed by atoms with E-state index in [2.05, 4.69) is 37.0 Å². The van der Waals surface area contributed by atoms with E-state index in [1.807, 2.05) is 24.1 Å². The summed E-state index contributed by atoms with van der Waals surface area (Å²) >= 11 is 0. The second-order valence-electron chi connectivity index (χ2n) is 4.86. The van der Waals surface area contributed by atoms with Gasteiger partial charge in [0.05, 0.1) is 18.2 Å². The molecule has 0 aliphatic carbocycles. The van der Waals surface area contributed by atoms with Crippen molar-refractivity contribution in [1.82, 2.24) is 10.2 Å². The first-order chi connectivity index (χ1) is 7.45. The van der Waals surface area contributed by atoms with Crippen LogP contribution in [0.3, 0.4) is 0 Å². The molecule has 0 amide bonds. The van der Waals surface area contributed by atoms with Gasteiger partial charge in [-0.15, -0.1) is 5.10 Å². The molecule has 0 saturated heterocycles. The minimum atomic E-state index is 0.0246. The number of anilines is 1. The summed E-state index contributed by atoms with van der Waals surface area (Å²) in [6.45, 7) is 7.00. The number of hydrogen-bond acceptors (Lipinski definition) is 4. The maximum atomic E-state index is 8.50. The zero-order valence-electron chi connectivity index (χ0n) is 10.4. The lowest BCUT2D eigenvalue weighted by molar-refractivity contribution is 0.558. The maximum absolute atomic E-state index is 8.50. The van der Waals surface area contributed by atoms with Crippen LogP contribution in [0.15, 0.2) is 12.1 Å². The molecule has 1 heterocycles. The van der Waals surface area contributed by atoms with Gasteiger partial charge in [0.25, 0.3) is 0 Å². The molecule has 4 heteroatoms. The highest BCUT2D eigenvalue weighted by Crippen LogP contribution is 2.20. The lowest BCUT2D eigenvalue weighted by Gasteiger charge is -2.19. The molecule has 0 radical (unpaired) electrons. The molecule has 0 bridgehead atoms. The van der Waals surface area contributed by atoms with Gasteiger partial charge in [-0.1, -0.05) is 20.8 Å². The average molecular weight is 218 g/mol. The molecule has 1 aromatic rings. The summed E-state index contributed by atoms with van der Waals surface area (Å²) in [6.07, 6.45) is 0.499. The summed E-state index contributed by atoms with van der Waals surface area (Å²) in [4.78, 5) is 1.93. The average Bonchev–Trinajstić information content (AvgIpc) is 2.25. The van der Waals surface area contributed by atoms with Crippen molar-refractivity contribution in [3.63, 3.8) is 0 Å². The van der Waals surface area contributed by atoms with Crippen molar-refractivity contribution in [2.75, 3.05) is 18.5 Å². The molecule has 0 aliphatic heterocycles. The van der Waals surface area contributed by atoms with Crippen molar-refractivity contribution < 1.29 is 0 Å². The highest BCUT2D eigenvalue weighted by molar-refractivity contribution is 5.36. The SMILES string of the molecule is CN(CCC#N)c1ccc(C(C)(C)C)nn1. The van der Waals surface area contributed by atoms with E-state index < -0.39 is 0 Å². The standard InChI is InChI=1S/C12H18N4/c1-12(2,3)10-6-7-11(15-14-10)16(4)9-5-8-13/h6-7H,5,9H2,1-4H3. The van der Waals surface area contributed by atoms with Gasteiger partial charge < -0.3 is 4.90 Å². The highest BCUT2D eigenvalue weighted by Gasteiger charge is 2.16. The molecule has 1 rings (SSSR count). The molecule has 0 fully saturated rings. The fourth-order valence-electron chi connectivity index (χ4n) is 1.26. The van der Waals surface area contributed by atoms with Crippen LogP contribution in [-0.2, 0) is 5.41 Å². The van der Waals surface area contributed by atoms with Crippen LogP contribution >= 0.6 is 0 Å². The molecular formula is C12H18N4. The fourth-order valence-corrected chi connectivity index (χ4v) is 1.26. The van der Waals surface area contributed by atoms with Gasteiger partial charge in [-0.05, 0) is 12.1 Å². The van der Waals surface area contributed by atoms with Crippen molar-refractivity contribution in [1.29, 1.82) is 5.26 Å². The Labute approximate surface area is 96.9 Å². The van der Waals surface area contributed by atoms with Gasteiger partial charge >= 0.3 is 0 Å². The van der Waals surface area contributed by atoms with Crippen LogP contribution in [0.5, 0.6) is 0 Å². The van der Waals surface area contributed by atoms with Crippen molar-refractivity contribution in [3.05, 3.63) is 17.8 Å². The molecule has 4 nitrogen and oxygen atoms in total. The van der Waals surface area contributed by atoms with Gasteiger partial charge in [0.2, 0.25) is 0 Å². The fraction of sp³-hybridized carbons (Fsp3) is 0.583. The van der Waals surface area contributed by atoms with Crippen molar-refractivity contribution in [3.8, 4) is 6.07 Å². The first-order valence-electron chi connectivity index (χ1n) is 5.37. The van der Waals surface area contributed by atoms with Crippen LogP contribution in [0.4, 0.5) is 5.82 Å². The van der Waals surface area contributed by atoms with Gasteiger partial charge in [0, 0.05) is 19.0 Å². The Balaban J connectivity index is 2.76. The molecular weight excluding hydrogens is 200 g/mol. The van der Waals surface area contributed by atoms with Crippen LogP contribution in [-0.4, -0.2) is 23.8 Å². The molecule has 0 spiro atoms. The summed E-state index contributed by atoms with van der Waals surface area (Å²) in [5.74, 6) is 0.809. The Morgan fingerprint density at radius 2 is 2.00 bits per heavy atom. The first-order valence-corrected chi connectivity index (χ1v) is 5.37. The second-order valence-corrected chi connectivity index (χ2v) is 4.86. The minimum Gasteiger partial charge on any atom is -0.357 e. The predicted molar refractivity (Wildman–Crippen MR) is 64.2 cm³/mol. The van der Waals surface area contributed by atoms with Crippen molar-refractivity contribution in [2.45, 2.75) is 32.6 Å².